The molecule has 4 heteroatoms. The van der Waals surface area contributed by atoms with Gasteiger partial charge in [-0.3, -0.25) is 11.3 Å². The van der Waals surface area contributed by atoms with Crippen LogP contribution in [0.2, 0.25) is 10.0 Å². The summed E-state index contributed by atoms with van der Waals surface area (Å²) in [4.78, 5) is 0. The minimum Gasteiger partial charge on any atom is -0.271 e. The van der Waals surface area contributed by atoms with Crippen LogP contribution in [0.15, 0.2) is 48.5 Å². The van der Waals surface area contributed by atoms with Gasteiger partial charge in [0.2, 0.25) is 0 Å². The Morgan fingerprint density at radius 2 is 1.58 bits per heavy atom. The highest BCUT2D eigenvalue weighted by Crippen LogP contribution is 2.32. The van der Waals surface area contributed by atoms with E-state index >= 15 is 0 Å². The van der Waals surface area contributed by atoms with Crippen LogP contribution in [0.1, 0.15) is 23.6 Å². The second kappa shape index (κ2) is 6.92. The number of rotatable bonds is 5. The second-order valence-electron chi connectivity index (χ2n) is 4.38. The van der Waals surface area contributed by atoms with Crippen molar-refractivity contribution in [3.8, 4) is 0 Å². The first kappa shape index (κ1) is 14.4. The van der Waals surface area contributed by atoms with Gasteiger partial charge in [0.05, 0.1) is 0 Å². The molecule has 0 heterocycles. The minimum atomic E-state index is -0.0543. The van der Waals surface area contributed by atoms with Crippen molar-refractivity contribution in [2.75, 3.05) is 0 Å². The van der Waals surface area contributed by atoms with Gasteiger partial charge in [-0.25, -0.2) is 0 Å². The molecule has 2 nitrogen and oxygen atoms in total. The summed E-state index contributed by atoms with van der Waals surface area (Å²) in [5.41, 5.74) is 4.94. The van der Waals surface area contributed by atoms with Gasteiger partial charge in [-0.05, 0) is 30.5 Å². The van der Waals surface area contributed by atoms with Crippen LogP contribution < -0.4 is 11.3 Å². The van der Waals surface area contributed by atoms with Crippen LogP contribution in [-0.2, 0) is 6.42 Å². The van der Waals surface area contributed by atoms with E-state index in [9.17, 15) is 0 Å². The lowest BCUT2D eigenvalue weighted by atomic mass is 9.99. The predicted molar refractivity (Wildman–Crippen MR) is 81.3 cm³/mol. The first-order chi connectivity index (χ1) is 9.22. The maximum atomic E-state index is 6.20. The zero-order valence-corrected chi connectivity index (χ0v) is 12.0. The lowest BCUT2D eigenvalue weighted by Gasteiger charge is -2.19. The highest BCUT2D eigenvalue weighted by atomic mass is 35.5. The molecule has 1 atom stereocenters. The third-order valence-electron chi connectivity index (χ3n) is 3.11. The number of halogens is 2. The number of nitrogens with two attached hydrogens (primary N) is 1. The number of aryl methyl sites for hydroxylation is 1. The minimum absolute atomic E-state index is 0.0543. The first-order valence-corrected chi connectivity index (χ1v) is 6.92. The van der Waals surface area contributed by atoms with Crippen LogP contribution in [0.25, 0.3) is 0 Å². The molecule has 0 aliphatic heterocycles. The van der Waals surface area contributed by atoms with E-state index in [1.807, 2.05) is 36.4 Å². The van der Waals surface area contributed by atoms with Crippen molar-refractivity contribution in [1.29, 1.82) is 0 Å². The van der Waals surface area contributed by atoms with E-state index in [4.69, 9.17) is 29.0 Å². The molecular weight excluding hydrogens is 279 g/mol. The Kier molecular flexibility index (Phi) is 5.23. The average molecular weight is 295 g/mol. The third kappa shape index (κ3) is 3.71. The maximum absolute atomic E-state index is 6.20. The van der Waals surface area contributed by atoms with E-state index in [1.54, 1.807) is 0 Å². The number of hydrogen-bond acceptors (Lipinski definition) is 2. The van der Waals surface area contributed by atoms with E-state index in [2.05, 4.69) is 17.6 Å². The molecule has 19 heavy (non-hydrogen) atoms. The van der Waals surface area contributed by atoms with E-state index in [-0.39, 0.29) is 6.04 Å². The van der Waals surface area contributed by atoms with Crippen molar-refractivity contribution in [3.63, 3.8) is 0 Å². The van der Waals surface area contributed by atoms with Gasteiger partial charge >= 0.3 is 0 Å². The largest absolute Gasteiger partial charge is 0.271 e. The fraction of sp³-hybridized carbons (Fsp3) is 0.200. The molecule has 0 spiro atoms. The molecule has 1 unspecified atom stereocenters. The van der Waals surface area contributed by atoms with Gasteiger partial charge in [-0.15, -0.1) is 0 Å². The summed E-state index contributed by atoms with van der Waals surface area (Å²) in [5, 5.41) is 1.28. The SMILES string of the molecule is NNC(CCc1ccccc1)c1c(Cl)cccc1Cl. The summed E-state index contributed by atoms with van der Waals surface area (Å²) in [6.45, 7) is 0. The summed E-state index contributed by atoms with van der Waals surface area (Å²) >= 11 is 12.4. The summed E-state index contributed by atoms with van der Waals surface area (Å²) in [6, 6.07) is 15.7. The van der Waals surface area contributed by atoms with Gasteiger partial charge in [-0.1, -0.05) is 59.6 Å². The monoisotopic (exact) mass is 294 g/mol. The Labute approximate surface area is 123 Å². The van der Waals surface area contributed by atoms with E-state index in [1.165, 1.54) is 5.56 Å². The normalized spacial score (nSPS) is 12.4. The molecule has 2 aromatic rings. The van der Waals surface area contributed by atoms with Crippen LogP contribution in [0.5, 0.6) is 0 Å². The van der Waals surface area contributed by atoms with E-state index in [0.29, 0.717) is 10.0 Å². The Bertz CT molecular complexity index is 509. The molecule has 0 bridgehead atoms. The molecule has 2 aromatic carbocycles. The smallest absolute Gasteiger partial charge is 0.0492 e. The van der Waals surface area contributed by atoms with Gasteiger partial charge in [0.1, 0.15) is 0 Å². The van der Waals surface area contributed by atoms with Crippen LogP contribution >= 0.6 is 23.2 Å². The lowest BCUT2D eigenvalue weighted by molar-refractivity contribution is 0.517. The van der Waals surface area contributed by atoms with Crippen molar-refractivity contribution in [2.24, 2.45) is 5.84 Å². The molecule has 0 fully saturated rings. The lowest BCUT2D eigenvalue weighted by Crippen LogP contribution is -2.28. The molecule has 3 N–H and O–H groups in total. The third-order valence-corrected chi connectivity index (χ3v) is 3.77. The van der Waals surface area contributed by atoms with E-state index in [0.717, 1.165) is 18.4 Å². The van der Waals surface area contributed by atoms with E-state index < -0.39 is 0 Å². The maximum Gasteiger partial charge on any atom is 0.0492 e. The summed E-state index contributed by atoms with van der Waals surface area (Å²) in [6.07, 6.45) is 1.75. The van der Waals surface area contributed by atoms with Gasteiger partial charge < -0.3 is 0 Å². The van der Waals surface area contributed by atoms with Crippen LogP contribution in [0.4, 0.5) is 0 Å². The van der Waals surface area contributed by atoms with Crippen molar-refractivity contribution in [2.45, 2.75) is 18.9 Å². The fourth-order valence-electron chi connectivity index (χ4n) is 2.11. The van der Waals surface area contributed by atoms with Crippen molar-refractivity contribution < 1.29 is 0 Å². The zero-order valence-electron chi connectivity index (χ0n) is 10.4. The molecule has 0 saturated heterocycles. The van der Waals surface area contributed by atoms with Gasteiger partial charge in [0.25, 0.3) is 0 Å². The van der Waals surface area contributed by atoms with Crippen molar-refractivity contribution in [3.05, 3.63) is 69.7 Å². The number of hydrogen-bond donors (Lipinski definition) is 2. The summed E-state index contributed by atoms with van der Waals surface area (Å²) in [7, 11) is 0. The Balaban J connectivity index is 2.12. The average Bonchev–Trinajstić information content (AvgIpc) is 2.43. The van der Waals surface area contributed by atoms with Crippen LogP contribution in [-0.4, -0.2) is 0 Å². The molecule has 0 amide bonds. The number of nitrogens with one attached hydrogen (secondary N) is 1. The molecule has 0 aliphatic carbocycles. The quantitative estimate of drug-likeness (QED) is 0.643. The van der Waals surface area contributed by atoms with Gasteiger partial charge in [-0.2, -0.15) is 0 Å². The molecule has 100 valence electrons. The molecule has 0 saturated carbocycles. The topological polar surface area (TPSA) is 38.0 Å². The predicted octanol–water partition coefficient (Wildman–Crippen LogP) is 4.13. The molecule has 0 aliphatic rings. The zero-order chi connectivity index (χ0) is 13.7. The number of hydrazine groups is 1. The first-order valence-electron chi connectivity index (χ1n) is 6.16. The molecular formula is C15H16Cl2N2. The van der Waals surface area contributed by atoms with Crippen molar-refractivity contribution in [1.82, 2.24) is 5.43 Å². The Morgan fingerprint density at radius 1 is 0.947 bits per heavy atom. The van der Waals surface area contributed by atoms with Crippen LogP contribution in [0.3, 0.4) is 0 Å². The molecule has 2 rings (SSSR count). The highest BCUT2D eigenvalue weighted by molar-refractivity contribution is 6.36. The van der Waals surface area contributed by atoms with Gasteiger partial charge in [0, 0.05) is 21.7 Å². The fourth-order valence-corrected chi connectivity index (χ4v) is 2.77. The van der Waals surface area contributed by atoms with Crippen LogP contribution in [0, 0.1) is 0 Å². The molecule has 0 radical (unpaired) electrons. The standard InChI is InChI=1S/C15H16Cl2N2/c16-12-7-4-8-13(17)15(12)14(19-18)10-9-11-5-2-1-3-6-11/h1-8,14,19H,9-10,18H2. The Morgan fingerprint density at radius 3 is 2.16 bits per heavy atom. The Hall–Kier alpha value is -1.06. The van der Waals surface area contributed by atoms with Crippen molar-refractivity contribution >= 4 is 23.2 Å². The summed E-state index contributed by atoms with van der Waals surface area (Å²) in [5.74, 6) is 5.64. The number of benzene rings is 2. The molecule has 0 aromatic heterocycles. The summed E-state index contributed by atoms with van der Waals surface area (Å²) < 4.78 is 0. The highest BCUT2D eigenvalue weighted by Gasteiger charge is 2.16. The van der Waals surface area contributed by atoms with Gasteiger partial charge in [0.15, 0.2) is 0 Å². The second-order valence-corrected chi connectivity index (χ2v) is 5.19.